The average molecular weight is 263 g/mol. The van der Waals surface area contributed by atoms with Gasteiger partial charge < -0.3 is 4.90 Å². The van der Waals surface area contributed by atoms with Crippen LogP contribution >= 0.6 is 11.8 Å². The van der Waals surface area contributed by atoms with E-state index in [1.165, 1.54) is 17.7 Å². The van der Waals surface area contributed by atoms with Crippen LogP contribution in [0.5, 0.6) is 0 Å². The molecule has 1 amide bonds. The summed E-state index contributed by atoms with van der Waals surface area (Å²) in [5, 5.41) is 0. The number of hydrogen-bond acceptors (Lipinski definition) is 2. The Morgan fingerprint density at radius 3 is 2.83 bits per heavy atom. The van der Waals surface area contributed by atoms with Crippen molar-refractivity contribution in [3.8, 4) is 0 Å². The third-order valence-corrected chi connectivity index (χ3v) is 4.52. The summed E-state index contributed by atoms with van der Waals surface area (Å²) in [6.45, 7) is 3.13. The van der Waals surface area contributed by atoms with E-state index in [2.05, 4.69) is 24.0 Å². The molecule has 1 fully saturated rings. The van der Waals surface area contributed by atoms with E-state index in [4.69, 9.17) is 0 Å². The summed E-state index contributed by atoms with van der Waals surface area (Å²) in [4.78, 5) is 15.5. The van der Waals surface area contributed by atoms with Gasteiger partial charge in [-0.25, -0.2) is 0 Å². The van der Waals surface area contributed by atoms with Gasteiger partial charge in [-0.1, -0.05) is 25.1 Å². The van der Waals surface area contributed by atoms with E-state index in [0.29, 0.717) is 17.7 Å². The first-order valence-electron chi connectivity index (χ1n) is 6.78. The molecule has 0 N–H and O–H groups in total. The Hall–Kier alpha value is -0.960. The predicted octanol–water partition coefficient (Wildman–Crippen LogP) is 3.57. The number of benzene rings is 1. The first kappa shape index (κ1) is 13.5. The summed E-state index contributed by atoms with van der Waals surface area (Å²) in [6.07, 6.45) is 4.70. The van der Waals surface area contributed by atoms with Crippen molar-refractivity contribution in [3.05, 3.63) is 30.3 Å². The normalized spacial score (nSPS) is 19.8. The van der Waals surface area contributed by atoms with E-state index < -0.39 is 0 Å². The zero-order valence-corrected chi connectivity index (χ0v) is 11.8. The summed E-state index contributed by atoms with van der Waals surface area (Å²) >= 11 is 1.64. The third-order valence-electron chi connectivity index (χ3n) is 3.52. The molecule has 0 bridgehead atoms. The number of hydrogen-bond donors (Lipinski definition) is 0. The minimum absolute atomic E-state index is 0.301. The first-order chi connectivity index (χ1) is 8.81. The lowest BCUT2D eigenvalue weighted by Gasteiger charge is -2.35. The fourth-order valence-corrected chi connectivity index (χ4v) is 3.30. The van der Waals surface area contributed by atoms with E-state index in [9.17, 15) is 4.79 Å². The van der Waals surface area contributed by atoms with Gasteiger partial charge in [0.15, 0.2) is 0 Å². The van der Waals surface area contributed by atoms with Crippen LogP contribution in [0.4, 0.5) is 0 Å². The average Bonchev–Trinajstić information content (AvgIpc) is 2.45. The lowest BCUT2D eigenvalue weighted by Crippen LogP contribution is -2.44. The van der Waals surface area contributed by atoms with Crippen molar-refractivity contribution in [1.82, 2.24) is 4.90 Å². The van der Waals surface area contributed by atoms with Gasteiger partial charge in [0.05, 0.1) is 5.75 Å². The number of thioether (sulfide) groups is 1. The minimum Gasteiger partial charge on any atom is -0.339 e. The van der Waals surface area contributed by atoms with Crippen LogP contribution in [0.25, 0.3) is 0 Å². The van der Waals surface area contributed by atoms with E-state index in [1.807, 2.05) is 18.2 Å². The van der Waals surface area contributed by atoms with Crippen LogP contribution in [0.3, 0.4) is 0 Å². The van der Waals surface area contributed by atoms with Gasteiger partial charge in [-0.2, -0.15) is 0 Å². The molecular formula is C15H21NOS. The van der Waals surface area contributed by atoms with E-state index in [0.717, 1.165) is 19.4 Å². The second-order valence-corrected chi connectivity index (χ2v) is 5.80. The Labute approximate surface area is 114 Å². The molecule has 0 aliphatic carbocycles. The Bertz CT molecular complexity index is 379. The highest BCUT2D eigenvalue weighted by atomic mass is 32.2. The molecular weight excluding hydrogens is 242 g/mol. The standard InChI is InChI=1S/C15H21NOS/c1-2-13-8-6-7-11-16(13)15(17)12-18-14-9-4-3-5-10-14/h3-5,9-10,13H,2,6-8,11-12H2,1H3. The number of carbonyl (C=O) groups is 1. The second kappa shape index (κ2) is 6.83. The maximum atomic E-state index is 12.2. The monoisotopic (exact) mass is 263 g/mol. The zero-order chi connectivity index (χ0) is 12.8. The Balaban J connectivity index is 1.87. The lowest BCUT2D eigenvalue weighted by molar-refractivity contribution is -0.132. The molecule has 1 heterocycles. The predicted molar refractivity (Wildman–Crippen MR) is 76.8 cm³/mol. The highest BCUT2D eigenvalue weighted by Crippen LogP contribution is 2.22. The molecule has 0 saturated carbocycles. The third kappa shape index (κ3) is 3.52. The van der Waals surface area contributed by atoms with Crippen LogP contribution < -0.4 is 0 Å². The molecule has 3 heteroatoms. The molecule has 1 aliphatic rings. The van der Waals surface area contributed by atoms with Crippen molar-refractivity contribution in [2.75, 3.05) is 12.3 Å². The fraction of sp³-hybridized carbons (Fsp3) is 0.533. The van der Waals surface area contributed by atoms with Crippen LogP contribution in [-0.2, 0) is 4.79 Å². The molecule has 1 unspecified atom stereocenters. The topological polar surface area (TPSA) is 20.3 Å². The van der Waals surface area contributed by atoms with Crippen molar-refractivity contribution in [2.24, 2.45) is 0 Å². The maximum absolute atomic E-state index is 12.2. The smallest absolute Gasteiger partial charge is 0.233 e. The quantitative estimate of drug-likeness (QED) is 0.774. The molecule has 1 aliphatic heterocycles. The summed E-state index contributed by atoms with van der Waals surface area (Å²) in [6, 6.07) is 10.6. The minimum atomic E-state index is 0.301. The van der Waals surface area contributed by atoms with Crippen molar-refractivity contribution >= 4 is 17.7 Å². The van der Waals surface area contributed by atoms with Gasteiger partial charge in [-0.3, -0.25) is 4.79 Å². The summed E-state index contributed by atoms with van der Waals surface area (Å²) in [5.41, 5.74) is 0. The van der Waals surface area contributed by atoms with Crippen LogP contribution in [0.2, 0.25) is 0 Å². The van der Waals surface area contributed by atoms with Gasteiger partial charge in [0.2, 0.25) is 5.91 Å². The number of rotatable bonds is 4. The molecule has 2 nitrogen and oxygen atoms in total. The highest BCUT2D eigenvalue weighted by molar-refractivity contribution is 8.00. The molecule has 0 aromatic heterocycles. The SMILES string of the molecule is CCC1CCCCN1C(=O)CSc1ccccc1. The van der Waals surface area contributed by atoms with Gasteiger partial charge in [0.25, 0.3) is 0 Å². The number of amides is 1. The summed E-state index contributed by atoms with van der Waals surface area (Å²) in [5.74, 6) is 0.871. The van der Waals surface area contributed by atoms with Crippen molar-refractivity contribution in [2.45, 2.75) is 43.5 Å². The van der Waals surface area contributed by atoms with Crippen LogP contribution in [0.15, 0.2) is 35.2 Å². The Kier molecular flexibility index (Phi) is 5.12. The molecule has 1 saturated heterocycles. The van der Waals surface area contributed by atoms with Gasteiger partial charge >= 0.3 is 0 Å². The van der Waals surface area contributed by atoms with Crippen molar-refractivity contribution in [3.63, 3.8) is 0 Å². The van der Waals surface area contributed by atoms with Crippen LogP contribution in [0, 0.1) is 0 Å². The van der Waals surface area contributed by atoms with Gasteiger partial charge in [-0.15, -0.1) is 11.8 Å². The second-order valence-electron chi connectivity index (χ2n) is 4.75. The maximum Gasteiger partial charge on any atom is 0.233 e. The van der Waals surface area contributed by atoms with E-state index >= 15 is 0 Å². The molecule has 1 aromatic carbocycles. The fourth-order valence-electron chi connectivity index (χ4n) is 2.50. The molecule has 1 aromatic rings. The highest BCUT2D eigenvalue weighted by Gasteiger charge is 2.24. The van der Waals surface area contributed by atoms with Crippen LogP contribution in [-0.4, -0.2) is 29.1 Å². The number of carbonyl (C=O) groups excluding carboxylic acids is 1. The van der Waals surface area contributed by atoms with E-state index in [-0.39, 0.29) is 0 Å². The van der Waals surface area contributed by atoms with Gasteiger partial charge in [0.1, 0.15) is 0 Å². The largest absolute Gasteiger partial charge is 0.339 e. The van der Waals surface area contributed by atoms with Gasteiger partial charge in [0, 0.05) is 17.5 Å². The molecule has 98 valence electrons. The van der Waals surface area contributed by atoms with E-state index in [1.54, 1.807) is 11.8 Å². The zero-order valence-electron chi connectivity index (χ0n) is 11.0. The molecule has 2 rings (SSSR count). The summed E-state index contributed by atoms with van der Waals surface area (Å²) in [7, 11) is 0. The number of nitrogens with zero attached hydrogens (tertiary/aromatic N) is 1. The first-order valence-corrected chi connectivity index (χ1v) is 7.77. The van der Waals surface area contributed by atoms with Crippen LogP contribution in [0.1, 0.15) is 32.6 Å². The van der Waals surface area contributed by atoms with Gasteiger partial charge in [-0.05, 0) is 37.8 Å². The molecule has 0 radical (unpaired) electrons. The number of piperidine rings is 1. The molecule has 0 spiro atoms. The molecule has 18 heavy (non-hydrogen) atoms. The lowest BCUT2D eigenvalue weighted by atomic mass is 10.0. The number of likely N-dealkylation sites (tertiary alicyclic amines) is 1. The summed E-state index contributed by atoms with van der Waals surface area (Å²) < 4.78 is 0. The van der Waals surface area contributed by atoms with Crippen molar-refractivity contribution < 1.29 is 4.79 Å². The molecule has 1 atom stereocenters. The Morgan fingerprint density at radius 1 is 1.33 bits per heavy atom. The Morgan fingerprint density at radius 2 is 2.11 bits per heavy atom. The van der Waals surface area contributed by atoms with Crippen molar-refractivity contribution in [1.29, 1.82) is 0 Å².